The van der Waals surface area contributed by atoms with Gasteiger partial charge in [0.15, 0.2) is 6.10 Å². The van der Waals surface area contributed by atoms with Gasteiger partial charge in [-0.2, -0.15) is 0 Å². The Morgan fingerprint density at radius 3 is 1.34 bits per heavy atom. The number of likely N-dealkylation sites (N-methyl/N-ethyl adjacent to an activating group) is 1. The molecule has 0 radical (unpaired) electrons. The molecule has 1 unspecified atom stereocenters. The van der Waals surface area contributed by atoms with Crippen molar-refractivity contribution >= 4 is 19.8 Å². The molecule has 358 valence electrons. The Balaban J connectivity index is 4.39. The van der Waals surface area contributed by atoms with Crippen LogP contribution in [0.15, 0.2) is 72.9 Å². The van der Waals surface area contributed by atoms with Crippen LogP contribution < -0.4 is 0 Å². The van der Waals surface area contributed by atoms with Crippen molar-refractivity contribution in [1.82, 2.24) is 0 Å². The van der Waals surface area contributed by atoms with Crippen molar-refractivity contribution < 1.29 is 42.1 Å². The Labute approximate surface area is 380 Å². The van der Waals surface area contributed by atoms with E-state index < -0.39 is 32.5 Å². The highest BCUT2D eigenvalue weighted by Gasteiger charge is 2.27. The topological polar surface area (TPSA) is 108 Å². The van der Waals surface area contributed by atoms with E-state index in [9.17, 15) is 19.0 Å². The molecule has 0 amide bonds. The lowest BCUT2D eigenvalue weighted by atomic mass is 10.0. The second-order valence-electron chi connectivity index (χ2n) is 17.5. The molecule has 10 heteroatoms. The van der Waals surface area contributed by atoms with Crippen LogP contribution in [0, 0.1) is 0 Å². The minimum absolute atomic E-state index is 0.0186. The summed E-state index contributed by atoms with van der Waals surface area (Å²) in [7, 11) is 1.43. The maximum Gasteiger partial charge on any atom is 0.472 e. The lowest BCUT2D eigenvalue weighted by molar-refractivity contribution is -0.870. The molecule has 2 atom stereocenters. The van der Waals surface area contributed by atoms with E-state index >= 15 is 0 Å². The quantitative estimate of drug-likeness (QED) is 0.0212. The van der Waals surface area contributed by atoms with Crippen molar-refractivity contribution in [2.24, 2.45) is 0 Å². The fourth-order valence-electron chi connectivity index (χ4n) is 6.45. The van der Waals surface area contributed by atoms with Gasteiger partial charge < -0.3 is 18.9 Å². The van der Waals surface area contributed by atoms with Gasteiger partial charge >= 0.3 is 19.8 Å². The van der Waals surface area contributed by atoms with Gasteiger partial charge in [-0.1, -0.05) is 202 Å². The highest BCUT2D eigenvalue weighted by Crippen LogP contribution is 2.43. The molecular formula is C52H93NO8P+. The Morgan fingerprint density at radius 1 is 0.516 bits per heavy atom. The van der Waals surface area contributed by atoms with E-state index in [4.69, 9.17) is 18.5 Å². The number of phosphoric ester groups is 1. The number of hydrogen-bond acceptors (Lipinski definition) is 7. The molecule has 0 aliphatic carbocycles. The Kier molecular flexibility index (Phi) is 41.9. The number of allylic oxidation sites excluding steroid dienone is 12. The predicted octanol–water partition coefficient (Wildman–Crippen LogP) is 14.6. The fourth-order valence-corrected chi connectivity index (χ4v) is 7.19. The van der Waals surface area contributed by atoms with E-state index in [-0.39, 0.29) is 26.1 Å². The van der Waals surface area contributed by atoms with Gasteiger partial charge in [-0.25, -0.2) is 4.57 Å². The van der Waals surface area contributed by atoms with Crippen LogP contribution in [0.5, 0.6) is 0 Å². The summed E-state index contributed by atoms with van der Waals surface area (Å²) in [6, 6.07) is 0. The molecule has 0 saturated heterocycles. The molecule has 0 aliphatic heterocycles. The third-order valence-electron chi connectivity index (χ3n) is 10.3. The third kappa shape index (κ3) is 46.9. The number of hydrogen-bond donors (Lipinski definition) is 1. The largest absolute Gasteiger partial charge is 0.472 e. The number of phosphoric acid groups is 1. The average Bonchev–Trinajstić information content (AvgIpc) is 3.23. The number of esters is 2. The molecule has 0 bridgehead atoms. The van der Waals surface area contributed by atoms with Crippen LogP contribution in [0.2, 0.25) is 0 Å². The van der Waals surface area contributed by atoms with Crippen LogP contribution >= 0.6 is 7.82 Å². The van der Waals surface area contributed by atoms with Crippen molar-refractivity contribution in [1.29, 1.82) is 0 Å². The molecule has 1 N–H and O–H groups in total. The summed E-state index contributed by atoms with van der Waals surface area (Å²) in [5.41, 5.74) is 0. The van der Waals surface area contributed by atoms with E-state index in [2.05, 4.69) is 74.6 Å². The standard InChI is InChI=1S/C52H92NO8P/c1-6-8-10-12-14-16-18-20-22-24-26-28-30-32-34-36-38-40-42-44-51(54)58-48-50(49-60-62(56,57)59-47-46-53(3,4)5)61-52(55)45-43-41-39-37-35-33-31-29-27-25-23-21-19-17-15-13-11-9-7-2/h8,10,14,16,20,22,26,28,32,34,38,40,50H,6-7,9,11-13,15,17-19,21,23-25,27,29-31,33,35-37,39,41-49H2,1-5H3/p+1/b10-8+,16-14+,22-20+,28-26+,34-32+,40-38+/t50-/m1/s1. The normalized spacial score (nSPS) is 14.1. The number of quaternary nitrogens is 1. The molecule has 0 aromatic rings. The number of ether oxygens (including phenoxy) is 2. The highest BCUT2D eigenvalue weighted by molar-refractivity contribution is 7.47. The first kappa shape index (κ1) is 59.5. The van der Waals surface area contributed by atoms with Gasteiger partial charge in [0.2, 0.25) is 0 Å². The molecule has 0 spiro atoms. The van der Waals surface area contributed by atoms with E-state index in [1.165, 1.54) is 96.3 Å². The summed E-state index contributed by atoms with van der Waals surface area (Å²) < 4.78 is 34.3. The van der Waals surface area contributed by atoms with Crippen molar-refractivity contribution in [2.75, 3.05) is 47.5 Å². The van der Waals surface area contributed by atoms with Crippen molar-refractivity contribution in [3.63, 3.8) is 0 Å². The first-order valence-electron chi connectivity index (χ1n) is 24.7. The van der Waals surface area contributed by atoms with Crippen molar-refractivity contribution in [3.8, 4) is 0 Å². The molecule has 0 saturated carbocycles. The maximum atomic E-state index is 12.7. The monoisotopic (exact) mass is 891 g/mol. The first-order valence-corrected chi connectivity index (χ1v) is 26.2. The van der Waals surface area contributed by atoms with Gasteiger partial charge in [0.1, 0.15) is 19.8 Å². The summed E-state index contributed by atoms with van der Waals surface area (Å²) in [5.74, 6) is -0.894. The van der Waals surface area contributed by atoms with Gasteiger partial charge in [0.05, 0.1) is 27.7 Å². The van der Waals surface area contributed by atoms with Gasteiger partial charge in [-0.05, 0) is 51.4 Å². The summed E-state index contributed by atoms with van der Waals surface area (Å²) in [6.45, 7) is 4.24. The SMILES string of the molecule is CC/C=C/C/C=C/C/C=C/C/C=C/C/C=C/C/C=C/CCC(=O)OC[C@H](COP(=O)(O)OCC[N+](C)(C)C)OC(=O)CCCCCCCCCCCCCCCCCCCCC. The van der Waals surface area contributed by atoms with E-state index in [1.54, 1.807) is 0 Å². The lowest BCUT2D eigenvalue weighted by Gasteiger charge is -2.24. The summed E-state index contributed by atoms with van der Waals surface area (Å²) >= 11 is 0. The maximum absolute atomic E-state index is 12.7. The second-order valence-corrected chi connectivity index (χ2v) is 18.9. The summed E-state index contributed by atoms with van der Waals surface area (Å²) in [6.07, 6.45) is 55.4. The van der Waals surface area contributed by atoms with E-state index in [0.29, 0.717) is 23.9 Å². The van der Waals surface area contributed by atoms with Crippen LogP contribution in [0.1, 0.15) is 194 Å². The molecular weight excluding hydrogens is 798 g/mol. The van der Waals surface area contributed by atoms with Gasteiger partial charge in [-0.3, -0.25) is 18.6 Å². The number of nitrogens with zero attached hydrogens (tertiary/aromatic N) is 1. The predicted molar refractivity (Wildman–Crippen MR) is 261 cm³/mol. The third-order valence-corrected chi connectivity index (χ3v) is 11.2. The van der Waals surface area contributed by atoms with Gasteiger partial charge in [0, 0.05) is 12.8 Å². The number of carbonyl (C=O) groups excluding carboxylic acids is 2. The Hall–Kier alpha value is -2.55. The minimum atomic E-state index is -4.40. The molecule has 0 aromatic carbocycles. The van der Waals surface area contributed by atoms with E-state index in [1.807, 2.05) is 33.3 Å². The van der Waals surface area contributed by atoms with Crippen LogP contribution in [-0.4, -0.2) is 74.9 Å². The molecule has 0 rings (SSSR count). The summed E-state index contributed by atoms with van der Waals surface area (Å²) in [4.78, 5) is 35.5. The van der Waals surface area contributed by atoms with Crippen LogP contribution in [-0.2, 0) is 32.7 Å². The Bertz CT molecular complexity index is 1280. The van der Waals surface area contributed by atoms with Crippen LogP contribution in [0.25, 0.3) is 0 Å². The molecule has 9 nitrogen and oxygen atoms in total. The number of unbranched alkanes of at least 4 members (excludes halogenated alkanes) is 18. The average molecular weight is 891 g/mol. The van der Waals surface area contributed by atoms with Crippen molar-refractivity contribution in [2.45, 2.75) is 200 Å². The lowest BCUT2D eigenvalue weighted by Crippen LogP contribution is -2.37. The van der Waals surface area contributed by atoms with Gasteiger partial charge in [-0.15, -0.1) is 0 Å². The van der Waals surface area contributed by atoms with Crippen LogP contribution in [0.3, 0.4) is 0 Å². The van der Waals surface area contributed by atoms with Gasteiger partial charge in [0.25, 0.3) is 0 Å². The molecule has 0 fully saturated rings. The van der Waals surface area contributed by atoms with E-state index in [0.717, 1.165) is 57.8 Å². The smallest absolute Gasteiger partial charge is 0.462 e. The second kappa shape index (κ2) is 43.7. The zero-order valence-electron chi connectivity index (χ0n) is 40.3. The number of rotatable bonds is 44. The molecule has 0 aliphatic rings. The summed E-state index contributed by atoms with van der Waals surface area (Å²) in [5, 5.41) is 0. The number of carbonyl (C=O) groups is 2. The van der Waals surface area contributed by atoms with Crippen LogP contribution in [0.4, 0.5) is 0 Å². The molecule has 0 aromatic heterocycles. The highest BCUT2D eigenvalue weighted by atomic mass is 31.2. The zero-order chi connectivity index (χ0) is 45.7. The first-order chi connectivity index (χ1) is 30.0. The fraction of sp³-hybridized carbons (Fsp3) is 0.731. The Morgan fingerprint density at radius 2 is 0.919 bits per heavy atom. The molecule has 62 heavy (non-hydrogen) atoms. The zero-order valence-corrected chi connectivity index (χ0v) is 41.2. The minimum Gasteiger partial charge on any atom is -0.462 e. The molecule has 0 heterocycles. The van der Waals surface area contributed by atoms with Crippen molar-refractivity contribution in [3.05, 3.63) is 72.9 Å².